The van der Waals surface area contributed by atoms with Crippen LogP contribution < -0.4 is 10.1 Å². The summed E-state index contributed by atoms with van der Waals surface area (Å²) >= 11 is 0. The number of ketones is 1. The van der Waals surface area contributed by atoms with Crippen LogP contribution in [0.3, 0.4) is 0 Å². The van der Waals surface area contributed by atoms with Gasteiger partial charge in [-0.2, -0.15) is 0 Å². The van der Waals surface area contributed by atoms with Crippen LogP contribution in [0, 0.1) is 11.6 Å². The lowest BCUT2D eigenvalue weighted by Crippen LogP contribution is -2.38. The standard InChI is InChI=1S/C16H13F2NO2/c17-11-6-5-10(7-12(11)18)8-14(20)16-9-19-13-3-1-2-4-15(13)21-16/h1-7,16,19H,8-9H2. The molecule has 0 aliphatic carbocycles. The summed E-state index contributed by atoms with van der Waals surface area (Å²) in [5, 5.41) is 3.12. The highest BCUT2D eigenvalue weighted by Crippen LogP contribution is 2.28. The highest BCUT2D eigenvalue weighted by Gasteiger charge is 2.25. The molecule has 1 atom stereocenters. The second-order valence-electron chi connectivity index (χ2n) is 4.88. The SMILES string of the molecule is O=C(Cc1ccc(F)c(F)c1)C1CNc2ccccc2O1. The minimum absolute atomic E-state index is 0.00567. The smallest absolute Gasteiger partial charge is 0.179 e. The molecule has 0 radical (unpaired) electrons. The van der Waals surface area contributed by atoms with Gasteiger partial charge in [-0.3, -0.25) is 4.79 Å². The number of rotatable bonds is 3. The second-order valence-corrected chi connectivity index (χ2v) is 4.88. The lowest BCUT2D eigenvalue weighted by Gasteiger charge is -2.26. The van der Waals surface area contributed by atoms with Crippen molar-refractivity contribution in [3.8, 4) is 5.75 Å². The molecule has 2 aromatic carbocycles. The van der Waals surface area contributed by atoms with Gasteiger partial charge in [-0.1, -0.05) is 18.2 Å². The summed E-state index contributed by atoms with van der Waals surface area (Å²) in [6.07, 6.45) is -0.626. The number of ether oxygens (including phenoxy) is 1. The first kappa shape index (κ1) is 13.5. The van der Waals surface area contributed by atoms with Crippen molar-refractivity contribution in [2.24, 2.45) is 0 Å². The number of Topliss-reactive ketones (excluding diaryl/α,β-unsaturated/α-hetero) is 1. The van der Waals surface area contributed by atoms with Crippen molar-refractivity contribution in [3.63, 3.8) is 0 Å². The lowest BCUT2D eigenvalue weighted by molar-refractivity contribution is -0.124. The number of hydrogen-bond donors (Lipinski definition) is 1. The van der Waals surface area contributed by atoms with Crippen LogP contribution in [0.4, 0.5) is 14.5 Å². The summed E-state index contributed by atoms with van der Waals surface area (Å²) in [5.74, 6) is -1.43. The Hall–Kier alpha value is -2.43. The van der Waals surface area contributed by atoms with E-state index in [1.165, 1.54) is 6.07 Å². The normalized spacial score (nSPS) is 16.6. The molecule has 1 unspecified atom stereocenters. The first-order valence-electron chi connectivity index (χ1n) is 6.59. The zero-order chi connectivity index (χ0) is 14.8. The van der Waals surface area contributed by atoms with Crippen LogP contribution in [0.5, 0.6) is 5.75 Å². The molecule has 0 saturated carbocycles. The van der Waals surface area contributed by atoms with E-state index in [1.807, 2.05) is 18.2 Å². The molecule has 0 saturated heterocycles. The Morgan fingerprint density at radius 1 is 1.19 bits per heavy atom. The quantitative estimate of drug-likeness (QED) is 0.944. The first-order valence-corrected chi connectivity index (χ1v) is 6.59. The molecule has 0 fully saturated rings. The van der Waals surface area contributed by atoms with Crippen LogP contribution in [0.25, 0.3) is 0 Å². The van der Waals surface area contributed by atoms with E-state index < -0.39 is 17.7 Å². The predicted molar refractivity (Wildman–Crippen MR) is 74.4 cm³/mol. The maximum Gasteiger partial charge on any atom is 0.179 e. The van der Waals surface area contributed by atoms with Gasteiger partial charge in [-0.15, -0.1) is 0 Å². The molecule has 5 heteroatoms. The minimum Gasteiger partial charge on any atom is -0.479 e. The van der Waals surface area contributed by atoms with E-state index in [0.717, 1.165) is 17.8 Å². The molecule has 21 heavy (non-hydrogen) atoms. The Bertz CT molecular complexity index is 688. The number of anilines is 1. The van der Waals surface area contributed by atoms with Gasteiger partial charge in [-0.25, -0.2) is 8.78 Å². The number of fused-ring (bicyclic) bond motifs is 1. The number of halogens is 2. The molecule has 1 aliphatic heterocycles. The molecule has 3 nitrogen and oxygen atoms in total. The van der Waals surface area contributed by atoms with Gasteiger partial charge in [0.25, 0.3) is 0 Å². The van der Waals surface area contributed by atoms with E-state index >= 15 is 0 Å². The summed E-state index contributed by atoms with van der Waals surface area (Å²) in [5.41, 5.74) is 1.27. The van der Waals surface area contributed by atoms with E-state index in [1.54, 1.807) is 6.07 Å². The third-order valence-corrected chi connectivity index (χ3v) is 3.36. The molecule has 0 bridgehead atoms. The highest BCUT2D eigenvalue weighted by molar-refractivity contribution is 5.87. The van der Waals surface area contributed by atoms with Gasteiger partial charge < -0.3 is 10.1 Å². The van der Waals surface area contributed by atoms with Crippen LogP contribution in [0.1, 0.15) is 5.56 Å². The maximum atomic E-state index is 13.1. The van der Waals surface area contributed by atoms with Gasteiger partial charge in [0.15, 0.2) is 23.5 Å². The van der Waals surface area contributed by atoms with Gasteiger partial charge in [0.1, 0.15) is 5.75 Å². The maximum absolute atomic E-state index is 13.1. The topological polar surface area (TPSA) is 38.3 Å². The molecule has 0 spiro atoms. The molecule has 0 aromatic heterocycles. The highest BCUT2D eigenvalue weighted by atomic mass is 19.2. The monoisotopic (exact) mass is 289 g/mol. The molecule has 1 N–H and O–H groups in total. The van der Waals surface area contributed by atoms with E-state index in [9.17, 15) is 13.6 Å². The number of para-hydroxylation sites is 2. The van der Waals surface area contributed by atoms with Crippen LogP contribution in [0.15, 0.2) is 42.5 Å². The Morgan fingerprint density at radius 2 is 2.00 bits per heavy atom. The van der Waals surface area contributed by atoms with Crippen molar-refractivity contribution in [2.75, 3.05) is 11.9 Å². The van der Waals surface area contributed by atoms with E-state index in [0.29, 0.717) is 17.9 Å². The fourth-order valence-corrected chi connectivity index (χ4v) is 2.26. The van der Waals surface area contributed by atoms with E-state index in [-0.39, 0.29) is 12.2 Å². The number of carbonyl (C=O) groups is 1. The van der Waals surface area contributed by atoms with Crippen molar-refractivity contribution in [1.29, 1.82) is 0 Å². The van der Waals surface area contributed by atoms with Crippen LogP contribution in [0.2, 0.25) is 0 Å². The van der Waals surface area contributed by atoms with Crippen molar-refractivity contribution < 1.29 is 18.3 Å². The van der Waals surface area contributed by atoms with Crippen molar-refractivity contribution in [3.05, 3.63) is 59.7 Å². The summed E-state index contributed by atoms with van der Waals surface area (Å²) in [7, 11) is 0. The minimum atomic E-state index is -0.951. The number of carbonyl (C=O) groups excluding carboxylic acids is 1. The van der Waals surface area contributed by atoms with Crippen molar-refractivity contribution in [2.45, 2.75) is 12.5 Å². The third-order valence-electron chi connectivity index (χ3n) is 3.36. The van der Waals surface area contributed by atoms with Gasteiger partial charge in [0.2, 0.25) is 0 Å². The largest absolute Gasteiger partial charge is 0.479 e. The fourth-order valence-electron chi connectivity index (χ4n) is 2.26. The van der Waals surface area contributed by atoms with Gasteiger partial charge in [0.05, 0.1) is 12.2 Å². The van der Waals surface area contributed by atoms with E-state index in [2.05, 4.69) is 5.32 Å². The third kappa shape index (κ3) is 2.86. The molecule has 1 aliphatic rings. The second kappa shape index (κ2) is 5.52. The summed E-state index contributed by atoms with van der Waals surface area (Å²) in [6.45, 7) is 0.361. The van der Waals surface area contributed by atoms with Crippen molar-refractivity contribution in [1.82, 2.24) is 0 Å². The molecular formula is C16H13F2NO2. The average Bonchev–Trinajstić information content (AvgIpc) is 2.50. The molecule has 1 heterocycles. The lowest BCUT2D eigenvalue weighted by atomic mass is 10.0. The van der Waals surface area contributed by atoms with E-state index in [4.69, 9.17) is 4.74 Å². The number of nitrogens with one attached hydrogen (secondary N) is 1. The molecule has 3 rings (SSSR count). The Balaban J connectivity index is 1.70. The average molecular weight is 289 g/mol. The van der Waals surface area contributed by atoms with Crippen molar-refractivity contribution >= 4 is 11.5 Å². The zero-order valence-electron chi connectivity index (χ0n) is 11.1. The zero-order valence-corrected chi connectivity index (χ0v) is 11.1. The molecule has 2 aromatic rings. The van der Waals surface area contributed by atoms with Crippen LogP contribution in [-0.4, -0.2) is 18.4 Å². The number of hydrogen-bond acceptors (Lipinski definition) is 3. The Morgan fingerprint density at radius 3 is 2.81 bits per heavy atom. The van der Waals surface area contributed by atoms with Gasteiger partial charge in [-0.05, 0) is 29.8 Å². The van der Waals surface area contributed by atoms with Gasteiger partial charge in [0, 0.05) is 6.42 Å². The summed E-state index contributed by atoms with van der Waals surface area (Å²) in [4.78, 5) is 12.2. The molecule has 0 amide bonds. The van der Waals surface area contributed by atoms with Crippen LogP contribution >= 0.6 is 0 Å². The van der Waals surface area contributed by atoms with Crippen LogP contribution in [-0.2, 0) is 11.2 Å². The Labute approximate surface area is 120 Å². The summed E-state index contributed by atoms with van der Waals surface area (Å²) < 4.78 is 31.6. The molecule has 108 valence electrons. The van der Waals surface area contributed by atoms with Gasteiger partial charge >= 0.3 is 0 Å². The number of benzene rings is 2. The summed E-state index contributed by atoms with van der Waals surface area (Å²) in [6, 6.07) is 10.8. The predicted octanol–water partition coefficient (Wildman–Crippen LogP) is 2.95. The molecular weight excluding hydrogens is 276 g/mol. The fraction of sp³-hybridized carbons (Fsp3) is 0.188. The Kier molecular flexibility index (Phi) is 3.56. The first-order chi connectivity index (χ1) is 10.1.